The average Bonchev–Trinajstić information content (AvgIpc) is 2.19. The number of rotatable bonds is 4. The summed E-state index contributed by atoms with van der Waals surface area (Å²) in [4.78, 5) is -0.305. The third-order valence-corrected chi connectivity index (χ3v) is 3.37. The molecule has 0 aliphatic heterocycles. The summed E-state index contributed by atoms with van der Waals surface area (Å²) >= 11 is 4.00. The Bertz CT molecular complexity index is 474. The van der Waals surface area contributed by atoms with Gasteiger partial charge in [-0.1, -0.05) is 6.92 Å². The summed E-state index contributed by atoms with van der Waals surface area (Å²) < 4.78 is 50.8. The van der Waals surface area contributed by atoms with E-state index < -0.39 is 21.7 Å². The molecular weight excluding hydrogens is 256 g/mol. The molecule has 0 fully saturated rings. The van der Waals surface area contributed by atoms with E-state index >= 15 is 0 Å². The molecule has 0 saturated heterocycles. The molecule has 0 amide bonds. The molecule has 1 unspecified atom stereocenters. The Kier molecular flexibility index (Phi) is 4.28. The van der Waals surface area contributed by atoms with Gasteiger partial charge in [0.05, 0.1) is 4.90 Å². The van der Waals surface area contributed by atoms with E-state index in [2.05, 4.69) is 17.4 Å². The smallest absolute Gasteiger partial charge is 0.210 e. The summed E-state index contributed by atoms with van der Waals surface area (Å²) in [6.07, 6.45) is 0. The van der Waals surface area contributed by atoms with Crippen molar-refractivity contribution in [2.75, 3.05) is 6.54 Å². The molecule has 0 aliphatic carbocycles. The molecular formula is C9H11F2NO2S2. The fourth-order valence-electron chi connectivity index (χ4n) is 0.958. The van der Waals surface area contributed by atoms with Crippen LogP contribution in [0.15, 0.2) is 23.1 Å². The maximum absolute atomic E-state index is 12.8. The molecule has 1 aromatic carbocycles. The number of sulfonamides is 1. The van der Waals surface area contributed by atoms with Gasteiger partial charge < -0.3 is 0 Å². The summed E-state index contributed by atoms with van der Waals surface area (Å²) in [5.74, 6) is -2.27. The number of hydrogen-bond acceptors (Lipinski definition) is 3. The summed E-state index contributed by atoms with van der Waals surface area (Å²) in [7, 11) is -3.80. The Morgan fingerprint density at radius 2 is 2.00 bits per heavy atom. The molecule has 1 rings (SSSR count). The Morgan fingerprint density at radius 3 is 2.50 bits per heavy atom. The molecule has 0 aliphatic rings. The van der Waals surface area contributed by atoms with Crippen molar-refractivity contribution in [1.29, 1.82) is 0 Å². The van der Waals surface area contributed by atoms with E-state index in [-0.39, 0.29) is 16.7 Å². The first kappa shape index (κ1) is 13.4. The lowest BCUT2D eigenvalue weighted by Gasteiger charge is -2.08. The molecule has 1 N–H and O–H groups in total. The van der Waals surface area contributed by atoms with Gasteiger partial charge in [-0.05, 0) is 18.2 Å². The van der Waals surface area contributed by atoms with E-state index in [4.69, 9.17) is 0 Å². The first-order valence-electron chi connectivity index (χ1n) is 4.45. The number of hydrogen-bond donors (Lipinski definition) is 2. The highest BCUT2D eigenvalue weighted by molar-refractivity contribution is 7.89. The third kappa shape index (κ3) is 3.43. The van der Waals surface area contributed by atoms with Crippen molar-refractivity contribution in [3.8, 4) is 0 Å². The van der Waals surface area contributed by atoms with Gasteiger partial charge in [-0.2, -0.15) is 12.6 Å². The van der Waals surface area contributed by atoms with Gasteiger partial charge in [0.2, 0.25) is 10.0 Å². The van der Waals surface area contributed by atoms with Gasteiger partial charge in [0.25, 0.3) is 0 Å². The Balaban J connectivity index is 2.94. The highest BCUT2D eigenvalue weighted by atomic mass is 32.2. The molecule has 0 aromatic heterocycles. The highest BCUT2D eigenvalue weighted by Crippen LogP contribution is 2.13. The number of nitrogens with one attached hydrogen (secondary N) is 1. The van der Waals surface area contributed by atoms with Crippen LogP contribution in [0.3, 0.4) is 0 Å². The third-order valence-electron chi connectivity index (χ3n) is 1.77. The van der Waals surface area contributed by atoms with Crippen LogP contribution in [0.5, 0.6) is 0 Å². The summed E-state index contributed by atoms with van der Waals surface area (Å²) in [6.45, 7) is 1.82. The number of thiol groups is 1. The van der Waals surface area contributed by atoms with Crippen LogP contribution in [0, 0.1) is 11.6 Å². The largest absolute Gasteiger partial charge is 0.240 e. The summed E-state index contributed by atoms with van der Waals surface area (Å²) in [6, 6.07) is 2.42. The van der Waals surface area contributed by atoms with E-state index in [0.717, 1.165) is 12.1 Å². The van der Waals surface area contributed by atoms with Crippen LogP contribution in [0.25, 0.3) is 0 Å². The second-order valence-corrected chi connectivity index (χ2v) is 5.93. The zero-order chi connectivity index (χ0) is 12.3. The van der Waals surface area contributed by atoms with Crippen LogP contribution in [-0.4, -0.2) is 20.2 Å². The SMILES string of the molecule is CC(S)CNS(=O)(=O)c1ccc(F)c(F)c1. The van der Waals surface area contributed by atoms with Crippen LogP contribution >= 0.6 is 12.6 Å². The Morgan fingerprint density at radius 1 is 1.38 bits per heavy atom. The fraction of sp³-hybridized carbons (Fsp3) is 0.333. The van der Waals surface area contributed by atoms with Crippen molar-refractivity contribution in [2.45, 2.75) is 17.1 Å². The van der Waals surface area contributed by atoms with Gasteiger partial charge in [-0.3, -0.25) is 0 Å². The van der Waals surface area contributed by atoms with Gasteiger partial charge in [0.1, 0.15) is 0 Å². The van der Waals surface area contributed by atoms with Gasteiger partial charge >= 0.3 is 0 Å². The quantitative estimate of drug-likeness (QED) is 0.813. The van der Waals surface area contributed by atoms with Gasteiger partial charge in [0, 0.05) is 11.8 Å². The minimum atomic E-state index is -3.80. The number of benzene rings is 1. The predicted molar refractivity (Wildman–Crippen MR) is 60.0 cm³/mol. The summed E-state index contributed by atoms with van der Waals surface area (Å²) in [5.41, 5.74) is 0. The lowest BCUT2D eigenvalue weighted by atomic mass is 10.3. The van der Waals surface area contributed by atoms with E-state index in [1.54, 1.807) is 6.92 Å². The molecule has 0 saturated carbocycles. The lowest BCUT2D eigenvalue weighted by molar-refractivity contribution is 0.504. The molecule has 1 aromatic rings. The van der Waals surface area contributed by atoms with Crippen molar-refractivity contribution < 1.29 is 17.2 Å². The normalized spacial score (nSPS) is 13.8. The van der Waals surface area contributed by atoms with Crippen molar-refractivity contribution in [3.63, 3.8) is 0 Å². The second kappa shape index (κ2) is 5.11. The zero-order valence-electron chi connectivity index (χ0n) is 8.44. The summed E-state index contributed by atoms with van der Waals surface area (Å²) in [5, 5.41) is -0.167. The topological polar surface area (TPSA) is 46.2 Å². The molecule has 3 nitrogen and oxygen atoms in total. The standard InChI is InChI=1S/C9H11F2NO2S2/c1-6(15)5-12-16(13,14)7-2-3-8(10)9(11)4-7/h2-4,6,12,15H,5H2,1H3. The van der Waals surface area contributed by atoms with E-state index in [9.17, 15) is 17.2 Å². The minimum Gasteiger partial charge on any atom is -0.210 e. The van der Waals surface area contributed by atoms with E-state index in [1.807, 2.05) is 0 Å². The van der Waals surface area contributed by atoms with Crippen molar-refractivity contribution in [1.82, 2.24) is 4.72 Å². The molecule has 0 heterocycles. The monoisotopic (exact) mass is 267 g/mol. The van der Waals surface area contributed by atoms with E-state index in [1.165, 1.54) is 0 Å². The van der Waals surface area contributed by atoms with Crippen molar-refractivity contribution in [3.05, 3.63) is 29.8 Å². The first-order valence-corrected chi connectivity index (χ1v) is 6.45. The molecule has 0 bridgehead atoms. The molecule has 0 spiro atoms. The van der Waals surface area contributed by atoms with Crippen molar-refractivity contribution >= 4 is 22.7 Å². The molecule has 0 radical (unpaired) electrons. The fourth-order valence-corrected chi connectivity index (χ4v) is 2.31. The van der Waals surface area contributed by atoms with Crippen LogP contribution in [0.4, 0.5) is 8.78 Å². The van der Waals surface area contributed by atoms with Crippen molar-refractivity contribution in [2.24, 2.45) is 0 Å². The van der Waals surface area contributed by atoms with Crippen LogP contribution in [-0.2, 0) is 10.0 Å². The zero-order valence-corrected chi connectivity index (χ0v) is 10.2. The second-order valence-electron chi connectivity index (χ2n) is 3.28. The average molecular weight is 267 g/mol. The van der Waals surface area contributed by atoms with Gasteiger partial charge in [-0.15, -0.1) is 0 Å². The Labute approximate surface area is 98.3 Å². The lowest BCUT2D eigenvalue weighted by Crippen LogP contribution is -2.28. The van der Waals surface area contributed by atoms with Crippen LogP contribution in [0.2, 0.25) is 0 Å². The Hall–Kier alpha value is -0.660. The maximum atomic E-state index is 12.8. The predicted octanol–water partition coefficient (Wildman–Crippen LogP) is 1.56. The molecule has 90 valence electrons. The van der Waals surface area contributed by atoms with Crippen LogP contribution < -0.4 is 4.72 Å². The van der Waals surface area contributed by atoms with E-state index in [0.29, 0.717) is 6.07 Å². The first-order chi connectivity index (χ1) is 7.33. The van der Waals surface area contributed by atoms with Crippen LogP contribution in [0.1, 0.15) is 6.92 Å². The minimum absolute atomic E-state index is 0.116. The number of halogens is 2. The maximum Gasteiger partial charge on any atom is 0.240 e. The molecule has 7 heteroatoms. The van der Waals surface area contributed by atoms with Gasteiger partial charge in [0.15, 0.2) is 11.6 Å². The highest BCUT2D eigenvalue weighted by Gasteiger charge is 2.16. The molecule has 1 atom stereocenters. The molecule has 16 heavy (non-hydrogen) atoms. The van der Waals surface area contributed by atoms with Gasteiger partial charge in [-0.25, -0.2) is 21.9 Å².